The maximum atomic E-state index is 12.0. The van der Waals surface area contributed by atoms with Crippen molar-refractivity contribution in [2.24, 2.45) is 0 Å². The van der Waals surface area contributed by atoms with Gasteiger partial charge in [-0.3, -0.25) is 9.59 Å². The van der Waals surface area contributed by atoms with E-state index in [2.05, 4.69) is 5.32 Å². The molecule has 0 saturated carbocycles. The summed E-state index contributed by atoms with van der Waals surface area (Å²) in [5.41, 5.74) is 0. The van der Waals surface area contributed by atoms with Gasteiger partial charge in [0.2, 0.25) is 11.8 Å². The van der Waals surface area contributed by atoms with Gasteiger partial charge in [0.15, 0.2) is 0 Å². The van der Waals surface area contributed by atoms with E-state index in [-0.39, 0.29) is 11.8 Å². The van der Waals surface area contributed by atoms with Crippen LogP contribution >= 0.6 is 0 Å². The zero-order chi connectivity index (χ0) is 13.0. The molecule has 0 bridgehead atoms. The highest BCUT2D eigenvalue weighted by molar-refractivity contribution is 6.43. The van der Waals surface area contributed by atoms with E-state index in [0.717, 1.165) is 6.42 Å². The van der Waals surface area contributed by atoms with Crippen molar-refractivity contribution >= 4 is 18.9 Å². The molecule has 0 aromatic rings. The number of carbonyl (C=O) groups is 2. The summed E-state index contributed by atoms with van der Waals surface area (Å²) < 4.78 is 0. The number of amides is 2. The average molecular weight is 242 g/mol. The Bertz CT molecular complexity index is 298. The largest absolute Gasteiger partial charge is 0.475 e. The number of likely N-dealkylation sites (tertiary alicyclic amines) is 1. The zero-order valence-electron chi connectivity index (χ0n) is 10.2. The Kier molecular flexibility index (Phi) is 4.95. The number of hydrogen-bond donors (Lipinski definition) is 3. The van der Waals surface area contributed by atoms with Crippen LogP contribution in [0, 0.1) is 0 Å². The highest BCUT2D eigenvalue weighted by atomic mass is 16.4. The van der Waals surface area contributed by atoms with Gasteiger partial charge in [-0.2, -0.15) is 0 Å². The second-order valence-corrected chi connectivity index (χ2v) is 4.30. The predicted octanol–water partition coefficient (Wildman–Crippen LogP) is -1.10. The van der Waals surface area contributed by atoms with Crippen LogP contribution in [0.5, 0.6) is 0 Å². The third-order valence-electron chi connectivity index (χ3n) is 3.00. The van der Waals surface area contributed by atoms with Crippen molar-refractivity contribution in [2.75, 3.05) is 6.54 Å². The van der Waals surface area contributed by atoms with Crippen molar-refractivity contribution in [3.63, 3.8) is 0 Å². The van der Waals surface area contributed by atoms with E-state index in [1.165, 1.54) is 4.90 Å². The van der Waals surface area contributed by atoms with Gasteiger partial charge in [-0.1, -0.05) is 6.92 Å². The smallest absolute Gasteiger partial charge is 0.426 e. The Balaban J connectivity index is 2.59. The van der Waals surface area contributed by atoms with Crippen molar-refractivity contribution in [3.05, 3.63) is 0 Å². The van der Waals surface area contributed by atoms with Crippen LogP contribution in [-0.2, 0) is 9.59 Å². The SMILES string of the molecule is CCC(=O)N[C@H](C)C(=O)N1CCC[C@H]1B(O)O. The van der Waals surface area contributed by atoms with Crippen molar-refractivity contribution in [1.82, 2.24) is 10.2 Å². The van der Waals surface area contributed by atoms with Crippen molar-refractivity contribution < 1.29 is 19.6 Å². The fraction of sp³-hybridized carbons (Fsp3) is 0.800. The summed E-state index contributed by atoms with van der Waals surface area (Å²) in [6.07, 6.45) is 1.66. The highest BCUT2D eigenvalue weighted by Crippen LogP contribution is 2.18. The minimum atomic E-state index is -1.52. The van der Waals surface area contributed by atoms with Gasteiger partial charge in [0.25, 0.3) is 0 Å². The first-order valence-electron chi connectivity index (χ1n) is 5.93. The first-order chi connectivity index (χ1) is 7.97. The molecule has 2 atom stereocenters. The summed E-state index contributed by atoms with van der Waals surface area (Å²) in [5, 5.41) is 20.9. The first kappa shape index (κ1) is 14.0. The monoisotopic (exact) mass is 242 g/mol. The summed E-state index contributed by atoms with van der Waals surface area (Å²) in [4.78, 5) is 24.6. The van der Waals surface area contributed by atoms with Gasteiger partial charge in [0.05, 0.1) is 5.94 Å². The van der Waals surface area contributed by atoms with Crippen LogP contribution in [0.3, 0.4) is 0 Å². The molecule has 1 fully saturated rings. The van der Waals surface area contributed by atoms with Crippen LogP contribution in [0.4, 0.5) is 0 Å². The van der Waals surface area contributed by atoms with Gasteiger partial charge in [0.1, 0.15) is 6.04 Å². The lowest BCUT2D eigenvalue weighted by Crippen LogP contribution is -2.52. The molecule has 1 heterocycles. The minimum absolute atomic E-state index is 0.189. The van der Waals surface area contributed by atoms with Crippen molar-refractivity contribution in [1.29, 1.82) is 0 Å². The number of carbonyl (C=O) groups excluding carboxylic acids is 2. The lowest BCUT2D eigenvalue weighted by atomic mass is 9.78. The van der Waals surface area contributed by atoms with Crippen molar-refractivity contribution in [2.45, 2.75) is 45.1 Å². The normalized spacial score (nSPS) is 21.2. The molecule has 0 unspecified atom stereocenters. The van der Waals surface area contributed by atoms with Crippen molar-refractivity contribution in [3.8, 4) is 0 Å². The standard InChI is InChI=1S/C10H19BN2O4/c1-3-9(14)12-7(2)10(15)13-6-4-5-8(13)11(16)17/h7-8,16-17H,3-6H2,1-2H3,(H,12,14)/t7-,8+/m1/s1. The molecule has 1 aliphatic rings. The zero-order valence-corrected chi connectivity index (χ0v) is 10.2. The fourth-order valence-corrected chi connectivity index (χ4v) is 2.03. The topological polar surface area (TPSA) is 89.9 Å². The first-order valence-corrected chi connectivity index (χ1v) is 5.93. The van der Waals surface area contributed by atoms with E-state index in [9.17, 15) is 9.59 Å². The Labute approximate surface area is 101 Å². The van der Waals surface area contributed by atoms with Gasteiger partial charge >= 0.3 is 7.12 Å². The molecule has 17 heavy (non-hydrogen) atoms. The van der Waals surface area contributed by atoms with Gasteiger partial charge in [0, 0.05) is 13.0 Å². The lowest BCUT2D eigenvalue weighted by molar-refractivity contribution is -0.135. The summed E-state index contributed by atoms with van der Waals surface area (Å²) in [7, 11) is -1.52. The number of nitrogens with one attached hydrogen (secondary N) is 1. The predicted molar refractivity (Wildman–Crippen MR) is 62.8 cm³/mol. The van der Waals surface area contributed by atoms with Crippen LogP contribution in [0.25, 0.3) is 0 Å². The molecule has 0 aliphatic carbocycles. The van der Waals surface area contributed by atoms with E-state index in [0.29, 0.717) is 19.4 Å². The van der Waals surface area contributed by atoms with E-state index >= 15 is 0 Å². The molecule has 1 aliphatic heterocycles. The third kappa shape index (κ3) is 3.44. The molecule has 0 radical (unpaired) electrons. The number of nitrogens with zero attached hydrogens (tertiary/aromatic N) is 1. The summed E-state index contributed by atoms with van der Waals surface area (Å²) in [5.74, 6) is -1.00. The van der Waals surface area contributed by atoms with Gasteiger partial charge in [-0.15, -0.1) is 0 Å². The highest BCUT2D eigenvalue weighted by Gasteiger charge is 2.38. The van der Waals surface area contributed by atoms with E-state index < -0.39 is 19.1 Å². The van der Waals surface area contributed by atoms with Crippen LogP contribution in [0.2, 0.25) is 0 Å². The number of rotatable bonds is 4. The van der Waals surface area contributed by atoms with Crippen LogP contribution in [-0.4, -0.2) is 52.4 Å². The quantitative estimate of drug-likeness (QED) is 0.546. The molecule has 0 aromatic heterocycles. The van der Waals surface area contributed by atoms with Gasteiger partial charge in [-0.05, 0) is 19.8 Å². The Hall–Kier alpha value is -1.08. The van der Waals surface area contributed by atoms with E-state index in [4.69, 9.17) is 10.0 Å². The summed E-state index contributed by atoms with van der Waals surface area (Å²) in [6.45, 7) is 3.82. The second kappa shape index (κ2) is 6.02. The maximum absolute atomic E-state index is 12.0. The molecule has 3 N–H and O–H groups in total. The van der Waals surface area contributed by atoms with E-state index in [1.807, 2.05) is 0 Å². The molecule has 2 amide bonds. The molecule has 1 saturated heterocycles. The minimum Gasteiger partial charge on any atom is -0.426 e. The number of hydrogen-bond acceptors (Lipinski definition) is 4. The molecule has 1 rings (SSSR count). The molecule has 0 spiro atoms. The molecular weight excluding hydrogens is 223 g/mol. The molecule has 7 heteroatoms. The Morgan fingerprint density at radius 2 is 2.18 bits per heavy atom. The third-order valence-corrected chi connectivity index (χ3v) is 3.00. The summed E-state index contributed by atoms with van der Waals surface area (Å²) >= 11 is 0. The van der Waals surface area contributed by atoms with Gasteiger partial charge in [-0.25, -0.2) is 0 Å². The Morgan fingerprint density at radius 1 is 1.53 bits per heavy atom. The molecule has 6 nitrogen and oxygen atoms in total. The molecular formula is C10H19BN2O4. The molecule has 96 valence electrons. The Morgan fingerprint density at radius 3 is 2.71 bits per heavy atom. The average Bonchev–Trinajstić information content (AvgIpc) is 2.76. The molecule has 0 aromatic carbocycles. The summed E-state index contributed by atoms with van der Waals surface area (Å²) in [6, 6.07) is -0.623. The van der Waals surface area contributed by atoms with Crippen LogP contribution < -0.4 is 5.32 Å². The maximum Gasteiger partial charge on any atom is 0.475 e. The van der Waals surface area contributed by atoms with Gasteiger partial charge < -0.3 is 20.3 Å². The second-order valence-electron chi connectivity index (χ2n) is 4.30. The van der Waals surface area contributed by atoms with Crippen LogP contribution in [0.1, 0.15) is 33.1 Å². The lowest BCUT2D eigenvalue weighted by Gasteiger charge is -2.27. The van der Waals surface area contributed by atoms with E-state index in [1.54, 1.807) is 13.8 Å². The van der Waals surface area contributed by atoms with Crippen LogP contribution in [0.15, 0.2) is 0 Å². The fourth-order valence-electron chi connectivity index (χ4n) is 2.03.